The number of aryl methyl sites for hydroxylation is 1. The van der Waals surface area contributed by atoms with Gasteiger partial charge in [0.15, 0.2) is 0 Å². The van der Waals surface area contributed by atoms with Crippen molar-refractivity contribution in [2.75, 3.05) is 31.6 Å². The number of amides is 1. The van der Waals surface area contributed by atoms with Crippen molar-refractivity contribution in [2.45, 2.75) is 19.4 Å². The molecule has 0 radical (unpaired) electrons. The number of hydrogen-bond donors (Lipinski definition) is 1. The Bertz CT molecular complexity index is 403. The molecule has 1 aliphatic rings. The van der Waals surface area contributed by atoms with Gasteiger partial charge in [-0.25, -0.2) is 0 Å². The van der Waals surface area contributed by atoms with E-state index >= 15 is 0 Å². The van der Waals surface area contributed by atoms with Crippen LogP contribution in [0.3, 0.4) is 0 Å². The summed E-state index contributed by atoms with van der Waals surface area (Å²) in [7, 11) is 1.92. The van der Waals surface area contributed by atoms with Crippen molar-refractivity contribution in [2.24, 2.45) is 0 Å². The van der Waals surface area contributed by atoms with Crippen LogP contribution in [0.5, 0.6) is 0 Å². The van der Waals surface area contributed by atoms with Crippen molar-refractivity contribution < 1.29 is 9.53 Å². The van der Waals surface area contributed by atoms with Crippen molar-refractivity contribution in [1.82, 2.24) is 5.32 Å². The highest BCUT2D eigenvalue weighted by atomic mass is 16.5. The number of anilines is 1. The van der Waals surface area contributed by atoms with Crippen molar-refractivity contribution in [3.63, 3.8) is 0 Å². The molecule has 1 aromatic carbocycles. The number of ether oxygens (including phenoxy) is 1. The Kier molecular flexibility index (Phi) is 4.33. The van der Waals surface area contributed by atoms with Crippen LogP contribution in [0.1, 0.15) is 12.0 Å². The average Bonchev–Trinajstić information content (AvgIpc) is 2.39. The lowest BCUT2D eigenvalue weighted by Crippen LogP contribution is -2.47. The minimum absolute atomic E-state index is 0.0413. The predicted octanol–water partition coefficient (Wildman–Crippen LogP) is 1.34. The third-order valence-electron chi connectivity index (χ3n) is 3.19. The number of carbonyl (C=O) groups is 1. The van der Waals surface area contributed by atoms with E-state index in [1.54, 1.807) is 0 Å². The van der Waals surface area contributed by atoms with Crippen LogP contribution in [-0.2, 0) is 9.53 Å². The predicted molar refractivity (Wildman–Crippen MR) is 71.8 cm³/mol. The largest absolute Gasteiger partial charge is 0.366 e. The number of nitrogens with one attached hydrogen (secondary N) is 1. The fraction of sp³-hybridized carbons (Fsp3) is 0.500. The first-order chi connectivity index (χ1) is 8.70. The van der Waals surface area contributed by atoms with Crippen molar-refractivity contribution >= 4 is 11.6 Å². The fourth-order valence-corrected chi connectivity index (χ4v) is 2.08. The molecule has 0 bridgehead atoms. The van der Waals surface area contributed by atoms with Crippen LogP contribution in [0, 0.1) is 6.92 Å². The molecule has 1 fully saturated rings. The smallest absolute Gasteiger partial charge is 0.253 e. The highest BCUT2D eigenvalue weighted by Gasteiger charge is 2.26. The van der Waals surface area contributed by atoms with E-state index in [0.717, 1.165) is 18.7 Å². The van der Waals surface area contributed by atoms with Crippen LogP contribution in [0.15, 0.2) is 24.3 Å². The molecular weight excluding hydrogens is 228 g/mol. The SMILES string of the molecule is CNCCC1CN(c2ccc(C)cc2)C(=O)CO1. The first-order valence-corrected chi connectivity index (χ1v) is 6.34. The second-order valence-electron chi connectivity index (χ2n) is 4.67. The first-order valence-electron chi connectivity index (χ1n) is 6.34. The van der Waals surface area contributed by atoms with E-state index in [1.165, 1.54) is 5.56 Å². The van der Waals surface area contributed by atoms with Crippen LogP contribution in [0.25, 0.3) is 0 Å². The minimum atomic E-state index is 0.0413. The van der Waals surface area contributed by atoms with Gasteiger partial charge in [0, 0.05) is 5.69 Å². The van der Waals surface area contributed by atoms with E-state index in [2.05, 4.69) is 5.32 Å². The van der Waals surface area contributed by atoms with E-state index < -0.39 is 0 Å². The van der Waals surface area contributed by atoms with E-state index in [1.807, 2.05) is 43.1 Å². The molecule has 1 saturated heterocycles. The number of hydrogen-bond acceptors (Lipinski definition) is 3. The highest BCUT2D eigenvalue weighted by molar-refractivity contribution is 5.94. The van der Waals surface area contributed by atoms with Crippen LogP contribution in [0.4, 0.5) is 5.69 Å². The zero-order valence-electron chi connectivity index (χ0n) is 11.0. The summed E-state index contributed by atoms with van der Waals surface area (Å²) in [4.78, 5) is 13.7. The lowest BCUT2D eigenvalue weighted by Gasteiger charge is -2.32. The molecule has 18 heavy (non-hydrogen) atoms. The van der Waals surface area contributed by atoms with Gasteiger partial charge in [0.2, 0.25) is 0 Å². The maximum atomic E-state index is 11.9. The first kappa shape index (κ1) is 13.1. The van der Waals surface area contributed by atoms with E-state index in [9.17, 15) is 4.79 Å². The zero-order chi connectivity index (χ0) is 13.0. The number of rotatable bonds is 4. The van der Waals surface area contributed by atoms with Crippen molar-refractivity contribution in [3.05, 3.63) is 29.8 Å². The number of carbonyl (C=O) groups excluding carboxylic acids is 1. The number of nitrogens with zero attached hydrogens (tertiary/aromatic N) is 1. The maximum absolute atomic E-state index is 11.9. The van der Waals surface area contributed by atoms with Crippen molar-refractivity contribution in [3.8, 4) is 0 Å². The summed E-state index contributed by atoms with van der Waals surface area (Å²) in [6.07, 6.45) is 1.04. The Hall–Kier alpha value is -1.39. The number of benzene rings is 1. The van der Waals surface area contributed by atoms with E-state index in [-0.39, 0.29) is 18.6 Å². The molecule has 4 nitrogen and oxygen atoms in total. The molecule has 0 aromatic heterocycles. The normalized spacial score (nSPS) is 20.2. The Balaban J connectivity index is 2.05. The highest BCUT2D eigenvalue weighted by Crippen LogP contribution is 2.20. The van der Waals surface area contributed by atoms with Gasteiger partial charge in [-0.1, -0.05) is 17.7 Å². The monoisotopic (exact) mass is 248 g/mol. The van der Waals surface area contributed by atoms with E-state index in [4.69, 9.17) is 4.74 Å². The van der Waals surface area contributed by atoms with Gasteiger partial charge in [0.25, 0.3) is 5.91 Å². The lowest BCUT2D eigenvalue weighted by molar-refractivity contribution is -0.129. The molecule has 0 spiro atoms. The molecule has 0 aliphatic carbocycles. The van der Waals surface area contributed by atoms with Crippen LogP contribution in [0.2, 0.25) is 0 Å². The lowest BCUT2D eigenvalue weighted by atomic mass is 10.1. The standard InChI is InChI=1S/C14H20N2O2/c1-11-3-5-12(6-4-11)16-9-13(7-8-15-2)18-10-14(16)17/h3-6,13,15H,7-10H2,1-2H3. The van der Waals surface area contributed by atoms with E-state index in [0.29, 0.717) is 6.54 Å². The molecule has 1 N–H and O–H groups in total. The van der Waals surface area contributed by atoms with Gasteiger partial charge in [-0.3, -0.25) is 4.79 Å². The second kappa shape index (κ2) is 5.98. The van der Waals surface area contributed by atoms with Gasteiger partial charge in [-0.05, 0) is 39.1 Å². The summed E-state index contributed by atoms with van der Waals surface area (Å²) in [6.45, 7) is 3.77. The Morgan fingerprint density at radius 1 is 1.39 bits per heavy atom. The molecule has 98 valence electrons. The second-order valence-corrected chi connectivity index (χ2v) is 4.67. The maximum Gasteiger partial charge on any atom is 0.253 e. The molecule has 1 aliphatic heterocycles. The Morgan fingerprint density at radius 3 is 2.78 bits per heavy atom. The molecule has 0 saturated carbocycles. The summed E-state index contributed by atoms with van der Waals surface area (Å²) >= 11 is 0. The summed E-state index contributed by atoms with van der Waals surface area (Å²) in [5.41, 5.74) is 2.16. The van der Waals surface area contributed by atoms with Gasteiger partial charge in [0.05, 0.1) is 12.6 Å². The molecule has 1 unspecified atom stereocenters. The van der Waals surface area contributed by atoms with Crippen LogP contribution < -0.4 is 10.2 Å². The molecule has 1 heterocycles. The quantitative estimate of drug-likeness (QED) is 0.874. The van der Waals surface area contributed by atoms with Gasteiger partial charge < -0.3 is 15.0 Å². The fourth-order valence-electron chi connectivity index (χ4n) is 2.08. The van der Waals surface area contributed by atoms with Crippen molar-refractivity contribution in [1.29, 1.82) is 0 Å². The molecule has 1 amide bonds. The minimum Gasteiger partial charge on any atom is -0.366 e. The average molecular weight is 248 g/mol. The Morgan fingerprint density at radius 2 is 2.11 bits per heavy atom. The molecule has 4 heteroatoms. The van der Waals surface area contributed by atoms with Gasteiger partial charge >= 0.3 is 0 Å². The van der Waals surface area contributed by atoms with Gasteiger partial charge in [-0.2, -0.15) is 0 Å². The van der Waals surface area contributed by atoms with Crippen LogP contribution >= 0.6 is 0 Å². The summed E-state index contributed by atoms with van der Waals surface area (Å²) in [5, 5.41) is 3.10. The molecule has 1 aromatic rings. The third kappa shape index (κ3) is 3.09. The Labute approximate surface area is 108 Å². The summed E-state index contributed by atoms with van der Waals surface area (Å²) < 4.78 is 5.54. The summed E-state index contributed by atoms with van der Waals surface area (Å²) in [6, 6.07) is 8.04. The molecule has 1 atom stereocenters. The van der Waals surface area contributed by atoms with Gasteiger partial charge in [-0.15, -0.1) is 0 Å². The van der Waals surface area contributed by atoms with Gasteiger partial charge in [0.1, 0.15) is 6.61 Å². The molecule has 2 rings (SSSR count). The zero-order valence-corrected chi connectivity index (χ0v) is 11.0. The third-order valence-corrected chi connectivity index (χ3v) is 3.19. The number of morpholine rings is 1. The topological polar surface area (TPSA) is 41.6 Å². The van der Waals surface area contributed by atoms with Crippen LogP contribution in [-0.4, -0.2) is 38.8 Å². The summed E-state index contributed by atoms with van der Waals surface area (Å²) in [5.74, 6) is 0.0413. The molecular formula is C14H20N2O2.